The Hall–Kier alpha value is -2.14. The molecule has 1 aromatic carbocycles. The highest BCUT2D eigenvalue weighted by molar-refractivity contribution is 7.14. The highest BCUT2D eigenvalue weighted by atomic mass is 32.1. The molecule has 0 bridgehead atoms. The van der Waals surface area contributed by atoms with Gasteiger partial charge in [0.25, 0.3) is 5.91 Å². The molecule has 1 amide bonds. The molecule has 0 radical (unpaired) electrons. The van der Waals surface area contributed by atoms with Crippen LogP contribution >= 0.6 is 11.3 Å². The average Bonchev–Trinajstić information content (AvgIpc) is 3.09. The van der Waals surface area contributed by atoms with Gasteiger partial charge < -0.3 is 10.1 Å². The maximum Gasteiger partial charge on any atom is 0.349 e. The molecule has 0 spiro atoms. The number of nitrogens with one attached hydrogen (secondary N) is 1. The van der Waals surface area contributed by atoms with Gasteiger partial charge in [0.05, 0.1) is 0 Å². The SMILES string of the molecule is C[C@@H](OC(=O)c1cc2c(s1)CCC2)C(=O)Nc1ccccc1. The Bertz CT molecular complexity index is 672. The molecular weight excluding hydrogens is 298 g/mol. The molecular formula is C17H17NO3S. The van der Waals surface area contributed by atoms with E-state index in [1.54, 1.807) is 19.1 Å². The molecule has 0 saturated heterocycles. The van der Waals surface area contributed by atoms with Crippen molar-refractivity contribution in [2.75, 3.05) is 5.32 Å². The fourth-order valence-electron chi connectivity index (χ4n) is 2.47. The number of carbonyl (C=O) groups is 2. The molecule has 3 rings (SSSR count). The van der Waals surface area contributed by atoms with Crippen LogP contribution in [-0.2, 0) is 22.4 Å². The Morgan fingerprint density at radius 2 is 2.00 bits per heavy atom. The lowest BCUT2D eigenvalue weighted by atomic mass is 10.2. The molecule has 0 fully saturated rings. The van der Waals surface area contributed by atoms with Crippen LogP contribution < -0.4 is 5.32 Å². The van der Waals surface area contributed by atoms with Crippen LogP contribution in [-0.4, -0.2) is 18.0 Å². The number of esters is 1. The Morgan fingerprint density at radius 3 is 2.73 bits per heavy atom. The lowest BCUT2D eigenvalue weighted by Crippen LogP contribution is -2.29. The lowest BCUT2D eigenvalue weighted by Gasteiger charge is -2.12. The van der Waals surface area contributed by atoms with Crippen LogP contribution in [0.25, 0.3) is 0 Å². The Morgan fingerprint density at radius 1 is 1.23 bits per heavy atom. The largest absolute Gasteiger partial charge is 0.448 e. The Balaban J connectivity index is 1.59. The second-order valence-electron chi connectivity index (χ2n) is 5.32. The van der Waals surface area contributed by atoms with Crippen molar-refractivity contribution in [3.05, 3.63) is 51.7 Å². The fraction of sp³-hybridized carbons (Fsp3) is 0.294. The number of hydrogen-bond acceptors (Lipinski definition) is 4. The number of fused-ring (bicyclic) bond motifs is 1. The van der Waals surface area contributed by atoms with Crippen molar-refractivity contribution in [2.24, 2.45) is 0 Å². The van der Waals surface area contributed by atoms with Crippen molar-refractivity contribution in [1.29, 1.82) is 0 Å². The van der Waals surface area contributed by atoms with Gasteiger partial charge in [-0.2, -0.15) is 0 Å². The van der Waals surface area contributed by atoms with Crippen LogP contribution in [0.4, 0.5) is 5.69 Å². The van der Waals surface area contributed by atoms with E-state index in [2.05, 4.69) is 5.32 Å². The summed E-state index contributed by atoms with van der Waals surface area (Å²) in [5.41, 5.74) is 1.93. The van der Waals surface area contributed by atoms with Gasteiger partial charge in [-0.1, -0.05) is 18.2 Å². The molecule has 1 atom stereocenters. The van der Waals surface area contributed by atoms with Crippen LogP contribution in [0.15, 0.2) is 36.4 Å². The molecule has 22 heavy (non-hydrogen) atoms. The summed E-state index contributed by atoms with van der Waals surface area (Å²) in [6.45, 7) is 1.58. The van der Waals surface area contributed by atoms with E-state index in [0.29, 0.717) is 10.6 Å². The topological polar surface area (TPSA) is 55.4 Å². The first kappa shape index (κ1) is 14.8. The predicted octanol–water partition coefficient (Wildman–Crippen LogP) is 3.42. The Labute approximate surface area is 133 Å². The van der Waals surface area contributed by atoms with E-state index in [4.69, 9.17) is 4.74 Å². The summed E-state index contributed by atoms with van der Waals surface area (Å²) >= 11 is 1.48. The highest BCUT2D eigenvalue weighted by Gasteiger charge is 2.23. The smallest absolute Gasteiger partial charge is 0.349 e. The van der Waals surface area contributed by atoms with E-state index in [1.165, 1.54) is 21.8 Å². The summed E-state index contributed by atoms with van der Waals surface area (Å²) < 4.78 is 5.27. The summed E-state index contributed by atoms with van der Waals surface area (Å²) in [5, 5.41) is 2.72. The van der Waals surface area contributed by atoms with Gasteiger partial charge in [0.2, 0.25) is 0 Å². The number of para-hydroxylation sites is 1. The zero-order chi connectivity index (χ0) is 15.5. The predicted molar refractivity (Wildman–Crippen MR) is 86.3 cm³/mol. The lowest BCUT2D eigenvalue weighted by molar-refractivity contribution is -0.123. The summed E-state index contributed by atoms with van der Waals surface area (Å²) in [6.07, 6.45) is 2.40. The normalized spacial score (nSPS) is 14.2. The van der Waals surface area contributed by atoms with E-state index in [0.717, 1.165) is 19.3 Å². The zero-order valence-electron chi connectivity index (χ0n) is 12.3. The van der Waals surface area contributed by atoms with Crippen LogP contribution in [0.1, 0.15) is 33.5 Å². The maximum absolute atomic E-state index is 12.1. The van der Waals surface area contributed by atoms with Crippen molar-refractivity contribution < 1.29 is 14.3 Å². The molecule has 0 aliphatic heterocycles. The molecule has 5 heteroatoms. The van der Waals surface area contributed by atoms with Gasteiger partial charge in [0, 0.05) is 10.6 Å². The number of amides is 1. The fourth-order valence-corrected chi connectivity index (χ4v) is 3.60. The van der Waals surface area contributed by atoms with E-state index in [9.17, 15) is 9.59 Å². The molecule has 1 N–H and O–H groups in total. The first-order valence-electron chi connectivity index (χ1n) is 7.32. The number of aryl methyl sites for hydroxylation is 2. The number of thiophene rings is 1. The monoisotopic (exact) mass is 315 g/mol. The average molecular weight is 315 g/mol. The maximum atomic E-state index is 12.1. The first-order chi connectivity index (χ1) is 10.6. The van der Waals surface area contributed by atoms with Gasteiger partial charge in [0.15, 0.2) is 6.10 Å². The third-order valence-electron chi connectivity index (χ3n) is 3.64. The van der Waals surface area contributed by atoms with Crippen LogP contribution in [0.3, 0.4) is 0 Å². The molecule has 1 aliphatic rings. The number of ether oxygens (including phenoxy) is 1. The number of benzene rings is 1. The Kier molecular flexibility index (Phi) is 4.24. The molecule has 1 aromatic heterocycles. The second kappa shape index (κ2) is 6.32. The summed E-state index contributed by atoms with van der Waals surface area (Å²) in [5.74, 6) is -0.751. The van der Waals surface area contributed by atoms with Crippen molar-refractivity contribution in [2.45, 2.75) is 32.3 Å². The zero-order valence-corrected chi connectivity index (χ0v) is 13.1. The quantitative estimate of drug-likeness (QED) is 0.880. The van der Waals surface area contributed by atoms with E-state index in [-0.39, 0.29) is 5.91 Å². The minimum atomic E-state index is -0.829. The molecule has 1 heterocycles. The van der Waals surface area contributed by atoms with Crippen LogP contribution in [0, 0.1) is 0 Å². The van der Waals surface area contributed by atoms with Crippen molar-refractivity contribution >= 4 is 28.9 Å². The summed E-state index contributed by atoms with van der Waals surface area (Å²) in [7, 11) is 0. The minimum absolute atomic E-state index is 0.330. The number of hydrogen-bond donors (Lipinski definition) is 1. The minimum Gasteiger partial charge on any atom is -0.448 e. The second-order valence-corrected chi connectivity index (χ2v) is 6.45. The van der Waals surface area contributed by atoms with E-state index in [1.807, 2.05) is 24.3 Å². The van der Waals surface area contributed by atoms with Gasteiger partial charge in [-0.25, -0.2) is 4.79 Å². The standard InChI is InChI=1S/C17H17NO3S/c1-11(16(19)18-13-7-3-2-4-8-13)21-17(20)15-10-12-6-5-9-14(12)22-15/h2-4,7-8,10-11H,5-6,9H2,1H3,(H,18,19)/t11-/m1/s1. The van der Waals surface area contributed by atoms with Gasteiger partial charge >= 0.3 is 5.97 Å². The van der Waals surface area contributed by atoms with Gasteiger partial charge in [-0.3, -0.25) is 4.79 Å². The van der Waals surface area contributed by atoms with Crippen LogP contribution in [0.5, 0.6) is 0 Å². The van der Waals surface area contributed by atoms with Crippen LogP contribution in [0.2, 0.25) is 0 Å². The molecule has 4 nitrogen and oxygen atoms in total. The van der Waals surface area contributed by atoms with Gasteiger partial charge in [0.1, 0.15) is 4.88 Å². The molecule has 2 aromatic rings. The van der Waals surface area contributed by atoms with Crippen molar-refractivity contribution in [1.82, 2.24) is 0 Å². The van der Waals surface area contributed by atoms with E-state index >= 15 is 0 Å². The highest BCUT2D eigenvalue weighted by Crippen LogP contribution is 2.31. The first-order valence-corrected chi connectivity index (χ1v) is 8.13. The van der Waals surface area contributed by atoms with Gasteiger partial charge in [-0.15, -0.1) is 11.3 Å². The summed E-state index contributed by atoms with van der Waals surface area (Å²) in [4.78, 5) is 26.0. The third-order valence-corrected chi connectivity index (χ3v) is 4.86. The molecule has 114 valence electrons. The number of rotatable bonds is 4. The third kappa shape index (κ3) is 3.20. The van der Waals surface area contributed by atoms with Crippen molar-refractivity contribution in [3.8, 4) is 0 Å². The van der Waals surface area contributed by atoms with Gasteiger partial charge in [-0.05, 0) is 49.9 Å². The number of anilines is 1. The molecule has 1 aliphatic carbocycles. The van der Waals surface area contributed by atoms with E-state index < -0.39 is 12.1 Å². The molecule has 0 unspecified atom stereocenters. The number of carbonyl (C=O) groups excluding carboxylic acids is 2. The van der Waals surface area contributed by atoms with Crippen molar-refractivity contribution in [3.63, 3.8) is 0 Å². The molecule has 0 saturated carbocycles. The summed E-state index contributed by atoms with van der Waals surface area (Å²) in [6, 6.07) is 11.0.